The van der Waals surface area contributed by atoms with Crippen LogP contribution in [0.25, 0.3) is 0 Å². The van der Waals surface area contributed by atoms with Crippen LogP contribution in [0.2, 0.25) is 5.02 Å². The highest BCUT2D eigenvalue weighted by molar-refractivity contribution is 9.11. The van der Waals surface area contributed by atoms with E-state index >= 15 is 0 Å². The summed E-state index contributed by atoms with van der Waals surface area (Å²) in [5.41, 5.74) is 2.20. The van der Waals surface area contributed by atoms with Gasteiger partial charge < -0.3 is 10.2 Å². The Hall–Kier alpha value is -0.890. The lowest BCUT2D eigenvalue weighted by molar-refractivity contribution is 0.0816. The van der Waals surface area contributed by atoms with Crippen molar-refractivity contribution in [1.82, 2.24) is 10.2 Å². The summed E-state index contributed by atoms with van der Waals surface area (Å²) >= 11 is 16.6. The van der Waals surface area contributed by atoms with Crippen molar-refractivity contribution >= 4 is 76.8 Å². The Kier molecular flexibility index (Phi) is 5.88. The van der Waals surface area contributed by atoms with Crippen LogP contribution in [0.3, 0.4) is 0 Å². The van der Waals surface area contributed by atoms with Crippen LogP contribution < -0.4 is 5.32 Å². The van der Waals surface area contributed by atoms with Gasteiger partial charge in [-0.3, -0.25) is 4.79 Å². The van der Waals surface area contributed by atoms with Gasteiger partial charge >= 0.3 is 0 Å². The number of nitrogens with zero attached hydrogens (tertiary/aromatic N) is 2. The van der Waals surface area contributed by atoms with Gasteiger partial charge in [0.15, 0.2) is 0 Å². The second-order valence-corrected chi connectivity index (χ2v) is 8.64. The van der Waals surface area contributed by atoms with E-state index in [2.05, 4.69) is 58.1 Å². The summed E-state index contributed by atoms with van der Waals surface area (Å²) in [5, 5.41) is 3.86. The third kappa shape index (κ3) is 4.27. The van der Waals surface area contributed by atoms with Gasteiger partial charge in [0.1, 0.15) is 5.84 Å². The number of benzene rings is 2. The minimum atomic E-state index is -0.0935. The molecule has 0 spiro atoms. The van der Waals surface area contributed by atoms with E-state index in [0.717, 1.165) is 24.8 Å². The average Bonchev–Trinajstić information content (AvgIpc) is 2.64. The van der Waals surface area contributed by atoms with Crippen molar-refractivity contribution in [2.24, 2.45) is 4.99 Å². The van der Waals surface area contributed by atoms with Gasteiger partial charge in [0.05, 0.1) is 17.8 Å². The number of amides is 1. The average molecular weight is 550 g/mol. The molecule has 1 amide bonds. The maximum absolute atomic E-state index is 12.5. The van der Waals surface area contributed by atoms with Gasteiger partial charge in [-0.05, 0) is 35.9 Å². The molecule has 0 fully saturated rings. The van der Waals surface area contributed by atoms with Gasteiger partial charge in [-0.1, -0.05) is 59.4 Å². The van der Waals surface area contributed by atoms with E-state index in [1.54, 1.807) is 30.1 Å². The molecule has 0 saturated heterocycles. The molecule has 1 aliphatic heterocycles. The van der Waals surface area contributed by atoms with Crippen molar-refractivity contribution in [3.8, 4) is 0 Å². The molecule has 0 unspecified atom stereocenters. The third-order valence-corrected chi connectivity index (χ3v) is 5.86. The lowest BCUT2D eigenvalue weighted by atomic mass is 10.1. The molecule has 0 radical (unpaired) electrons. The first-order chi connectivity index (χ1) is 11.8. The topological polar surface area (TPSA) is 44.7 Å². The summed E-state index contributed by atoms with van der Waals surface area (Å²) in [6.07, 6.45) is 0. The van der Waals surface area contributed by atoms with Crippen molar-refractivity contribution in [3.05, 3.63) is 59.9 Å². The van der Waals surface area contributed by atoms with E-state index in [0.29, 0.717) is 29.4 Å². The standard InChI is InChI=1S/C17H13Br3ClN3O/c1-24-8-16(22-7-12-13(19)4-9(18)5-14(12)20)23-15-3-2-10(21)6-11(15)17(24)25/h2-6H,7-8H2,1H3,(H,22,23). The molecule has 0 saturated carbocycles. The first-order valence-electron chi connectivity index (χ1n) is 7.35. The summed E-state index contributed by atoms with van der Waals surface area (Å²) < 4.78 is 2.94. The number of hydrogen-bond acceptors (Lipinski definition) is 3. The van der Waals surface area contributed by atoms with Crippen molar-refractivity contribution in [3.63, 3.8) is 0 Å². The van der Waals surface area contributed by atoms with Crippen molar-refractivity contribution < 1.29 is 4.79 Å². The van der Waals surface area contributed by atoms with Crippen LogP contribution in [0.1, 0.15) is 15.9 Å². The zero-order valence-corrected chi connectivity index (χ0v) is 18.6. The molecule has 8 heteroatoms. The van der Waals surface area contributed by atoms with Gasteiger partial charge in [-0.15, -0.1) is 0 Å². The Morgan fingerprint density at radius 1 is 1.20 bits per heavy atom. The zero-order valence-electron chi connectivity index (χ0n) is 13.1. The molecule has 2 aromatic carbocycles. The zero-order chi connectivity index (χ0) is 18.1. The monoisotopic (exact) mass is 547 g/mol. The highest BCUT2D eigenvalue weighted by Crippen LogP contribution is 2.30. The largest absolute Gasteiger partial charge is 0.368 e. The summed E-state index contributed by atoms with van der Waals surface area (Å²) in [7, 11) is 1.75. The van der Waals surface area contributed by atoms with Crippen LogP contribution in [-0.2, 0) is 6.54 Å². The summed E-state index contributed by atoms with van der Waals surface area (Å²) in [4.78, 5) is 18.7. The SMILES string of the molecule is CN1CC(NCc2c(Br)cc(Br)cc2Br)=Nc2ccc(Cl)cc2C1=O. The van der Waals surface area contributed by atoms with E-state index in [1.807, 2.05) is 12.1 Å². The normalized spacial score (nSPS) is 14.0. The molecule has 0 aliphatic carbocycles. The molecule has 2 aromatic rings. The number of nitrogens with one attached hydrogen (secondary N) is 1. The lowest BCUT2D eigenvalue weighted by Crippen LogP contribution is -2.36. The van der Waals surface area contributed by atoms with E-state index in [1.165, 1.54) is 0 Å². The Labute approximate surface area is 176 Å². The van der Waals surface area contributed by atoms with E-state index in [4.69, 9.17) is 11.6 Å². The predicted molar refractivity (Wildman–Crippen MR) is 112 cm³/mol. The van der Waals surface area contributed by atoms with Gasteiger partial charge in [-0.2, -0.15) is 0 Å². The number of halogens is 4. The van der Waals surface area contributed by atoms with Crippen molar-refractivity contribution in [2.75, 3.05) is 13.6 Å². The van der Waals surface area contributed by atoms with Crippen LogP contribution in [0.15, 0.2) is 48.7 Å². The predicted octanol–water partition coefficient (Wildman–Crippen LogP) is 5.53. The maximum Gasteiger partial charge on any atom is 0.256 e. The number of aliphatic imine (C=N–C) groups is 1. The first-order valence-corrected chi connectivity index (χ1v) is 10.1. The van der Waals surface area contributed by atoms with Gasteiger partial charge in [0.25, 0.3) is 5.91 Å². The number of carbonyl (C=O) groups excluding carboxylic acids is 1. The quantitative estimate of drug-likeness (QED) is 0.535. The number of carbonyl (C=O) groups is 1. The fourth-order valence-corrected chi connectivity index (χ4v) is 5.20. The molecular weight excluding hydrogens is 537 g/mol. The molecule has 3 rings (SSSR count). The number of amidine groups is 1. The minimum absolute atomic E-state index is 0.0935. The minimum Gasteiger partial charge on any atom is -0.368 e. The highest BCUT2D eigenvalue weighted by atomic mass is 79.9. The van der Waals surface area contributed by atoms with Gasteiger partial charge in [-0.25, -0.2) is 4.99 Å². The number of likely N-dealkylation sites (N-methyl/N-ethyl adjacent to an activating group) is 1. The van der Waals surface area contributed by atoms with Crippen LogP contribution in [0, 0.1) is 0 Å². The molecule has 0 aromatic heterocycles. The van der Waals surface area contributed by atoms with Crippen molar-refractivity contribution in [1.29, 1.82) is 0 Å². The van der Waals surface area contributed by atoms with Crippen LogP contribution in [0.5, 0.6) is 0 Å². The Balaban J connectivity index is 1.88. The molecule has 1 heterocycles. The van der Waals surface area contributed by atoms with Gasteiger partial charge in [0.2, 0.25) is 0 Å². The van der Waals surface area contributed by atoms with Crippen LogP contribution in [0.4, 0.5) is 5.69 Å². The summed E-state index contributed by atoms with van der Waals surface area (Å²) in [5.74, 6) is 0.627. The maximum atomic E-state index is 12.5. The molecule has 25 heavy (non-hydrogen) atoms. The Morgan fingerprint density at radius 2 is 1.88 bits per heavy atom. The molecule has 4 nitrogen and oxygen atoms in total. The van der Waals surface area contributed by atoms with Crippen LogP contribution in [-0.4, -0.2) is 30.2 Å². The molecule has 0 atom stereocenters. The smallest absolute Gasteiger partial charge is 0.256 e. The van der Waals surface area contributed by atoms with Crippen molar-refractivity contribution in [2.45, 2.75) is 6.54 Å². The number of hydrogen-bond donors (Lipinski definition) is 1. The van der Waals surface area contributed by atoms with Crippen LogP contribution >= 0.6 is 59.4 Å². The molecular formula is C17H13Br3ClN3O. The Morgan fingerprint density at radius 3 is 2.56 bits per heavy atom. The highest BCUT2D eigenvalue weighted by Gasteiger charge is 2.22. The molecule has 1 N–H and O–H groups in total. The fourth-order valence-electron chi connectivity index (χ4n) is 2.49. The third-order valence-electron chi connectivity index (χ3n) is 3.75. The summed E-state index contributed by atoms with van der Waals surface area (Å²) in [6.45, 7) is 0.967. The molecule has 0 bridgehead atoms. The second kappa shape index (κ2) is 7.78. The number of fused-ring (bicyclic) bond motifs is 1. The summed E-state index contributed by atoms with van der Waals surface area (Å²) in [6, 6.07) is 9.14. The molecule has 130 valence electrons. The number of rotatable bonds is 2. The van der Waals surface area contributed by atoms with Gasteiger partial charge in [0, 0.05) is 32.0 Å². The van der Waals surface area contributed by atoms with E-state index in [-0.39, 0.29) is 5.91 Å². The second-order valence-electron chi connectivity index (χ2n) is 5.58. The Bertz CT molecular complexity index is 862. The fraction of sp³-hybridized carbons (Fsp3) is 0.176. The van der Waals surface area contributed by atoms with E-state index < -0.39 is 0 Å². The first kappa shape index (κ1) is 18.9. The van der Waals surface area contributed by atoms with E-state index in [9.17, 15) is 4.79 Å². The lowest BCUT2D eigenvalue weighted by Gasteiger charge is -2.17. The molecule has 1 aliphatic rings.